The molecule has 162 valence electrons. The average Bonchev–Trinajstić information content (AvgIpc) is 3.17. The highest BCUT2D eigenvalue weighted by Gasteiger charge is 2.52. The summed E-state index contributed by atoms with van der Waals surface area (Å²) in [4.78, 5) is 15.6. The summed E-state index contributed by atoms with van der Waals surface area (Å²) in [6, 6.07) is 23.3. The fraction of sp³-hybridized carbons (Fsp3) is 0.231. The molecule has 5 rings (SSSR count). The molecule has 0 amide bonds. The Labute approximate surface area is 187 Å². The van der Waals surface area contributed by atoms with Crippen LogP contribution in [0.2, 0.25) is 0 Å². The van der Waals surface area contributed by atoms with Crippen LogP contribution in [0.3, 0.4) is 0 Å². The predicted octanol–water partition coefficient (Wildman–Crippen LogP) is 4.45. The Kier molecular flexibility index (Phi) is 4.85. The molecule has 1 atom stereocenters. The molecular formula is C26H25N3O3. The van der Waals surface area contributed by atoms with Crippen molar-refractivity contribution in [2.24, 2.45) is 5.10 Å². The molecule has 2 aliphatic rings. The molecule has 0 spiro atoms. The topological polar surface area (TPSA) is 54.4 Å². The highest BCUT2D eigenvalue weighted by Crippen LogP contribution is 2.47. The second-order valence-corrected chi connectivity index (χ2v) is 8.05. The minimum Gasteiger partial charge on any atom is -0.493 e. The van der Waals surface area contributed by atoms with Crippen LogP contribution in [-0.2, 0) is 12.1 Å². The molecule has 3 aromatic rings. The number of ketones is 1. The van der Waals surface area contributed by atoms with Gasteiger partial charge in [-0.15, -0.1) is 5.10 Å². The lowest BCUT2D eigenvalue weighted by molar-refractivity contribution is 0.103. The number of hydrogen-bond donors (Lipinski definition) is 0. The molecule has 0 unspecified atom stereocenters. The summed E-state index contributed by atoms with van der Waals surface area (Å²) >= 11 is 0. The molecule has 2 heterocycles. The number of ether oxygens (including phenoxy) is 2. The molecule has 2 aliphatic heterocycles. The van der Waals surface area contributed by atoms with E-state index < -0.39 is 5.66 Å². The van der Waals surface area contributed by atoms with Crippen LogP contribution in [0.4, 0.5) is 5.69 Å². The van der Waals surface area contributed by atoms with Crippen molar-refractivity contribution in [3.63, 3.8) is 0 Å². The van der Waals surface area contributed by atoms with Crippen molar-refractivity contribution in [3.05, 3.63) is 89.5 Å². The maximum absolute atomic E-state index is 13.5. The van der Waals surface area contributed by atoms with Crippen molar-refractivity contribution in [1.82, 2.24) is 4.90 Å². The summed E-state index contributed by atoms with van der Waals surface area (Å²) in [5.41, 5.74) is 3.06. The third-order valence-corrected chi connectivity index (χ3v) is 6.35. The minimum atomic E-state index is -0.686. The number of benzene rings is 3. The highest BCUT2D eigenvalue weighted by molar-refractivity contribution is 6.45. The summed E-state index contributed by atoms with van der Waals surface area (Å²) in [5.74, 6) is 1.72. The van der Waals surface area contributed by atoms with Gasteiger partial charge < -0.3 is 14.4 Å². The van der Waals surface area contributed by atoms with E-state index in [4.69, 9.17) is 14.6 Å². The number of methoxy groups -OCH3 is 2. The molecule has 6 nitrogen and oxygen atoms in total. The van der Waals surface area contributed by atoms with Gasteiger partial charge in [-0.2, -0.15) is 0 Å². The summed E-state index contributed by atoms with van der Waals surface area (Å²) in [7, 11) is 3.28. The highest BCUT2D eigenvalue weighted by atomic mass is 16.5. The number of nitrogens with zero attached hydrogens (tertiary/aromatic N) is 3. The maximum Gasteiger partial charge on any atom is 0.229 e. The average molecular weight is 428 g/mol. The smallest absolute Gasteiger partial charge is 0.229 e. The first kappa shape index (κ1) is 20.1. The number of hydrogen-bond acceptors (Lipinski definition) is 6. The Morgan fingerprint density at radius 1 is 0.938 bits per heavy atom. The number of amidine groups is 1. The van der Waals surface area contributed by atoms with Crippen molar-refractivity contribution in [2.75, 3.05) is 25.8 Å². The molecule has 0 radical (unpaired) electrons. The fourth-order valence-electron chi connectivity index (χ4n) is 4.72. The standard InChI is InChI=1S/C26H25N3O3/c1-26-21-17-23(32-3)22(31-2)16-19(21)14-15-28(26)25(24(30)18-10-6-4-7-11-18)27-29(26)20-12-8-5-9-13-20/h4-13,16-17H,14-15H2,1-3H3/t26-/m1/s1. The van der Waals surface area contributed by atoms with Gasteiger partial charge in [0.2, 0.25) is 5.78 Å². The summed E-state index contributed by atoms with van der Waals surface area (Å²) < 4.78 is 11.2. The molecule has 0 bridgehead atoms. The van der Waals surface area contributed by atoms with Gasteiger partial charge in [-0.05, 0) is 43.2 Å². The van der Waals surface area contributed by atoms with Gasteiger partial charge in [0.05, 0.1) is 19.9 Å². The van der Waals surface area contributed by atoms with Crippen molar-refractivity contribution in [3.8, 4) is 11.5 Å². The Morgan fingerprint density at radius 3 is 2.22 bits per heavy atom. The van der Waals surface area contributed by atoms with E-state index in [9.17, 15) is 4.79 Å². The summed E-state index contributed by atoms with van der Waals surface area (Å²) in [6.07, 6.45) is 0.773. The van der Waals surface area contributed by atoms with Crippen LogP contribution in [0.15, 0.2) is 77.9 Å². The number of anilines is 1. The zero-order valence-corrected chi connectivity index (χ0v) is 18.4. The SMILES string of the molecule is COc1cc2c(cc1OC)[C@]1(C)N(CC2)C(C(=O)c2ccccc2)=NN1c1ccccc1. The second-order valence-electron chi connectivity index (χ2n) is 8.05. The lowest BCUT2D eigenvalue weighted by Gasteiger charge is -2.46. The number of fused-ring (bicyclic) bond motifs is 3. The minimum absolute atomic E-state index is 0.0841. The number of rotatable bonds is 5. The van der Waals surface area contributed by atoms with E-state index in [2.05, 4.69) is 11.8 Å². The lowest BCUT2D eigenvalue weighted by Crippen LogP contribution is -2.55. The fourth-order valence-corrected chi connectivity index (χ4v) is 4.72. The van der Waals surface area contributed by atoms with E-state index in [1.165, 1.54) is 0 Å². The molecule has 6 heteroatoms. The Bertz CT molecular complexity index is 1190. The van der Waals surface area contributed by atoms with E-state index in [1.54, 1.807) is 14.2 Å². The third-order valence-electron chi connectivity index (χ3n) is 6.35. The molecule has 3 aromatic carbocycles. The molecular weight excluding hydrogens is 402 g/mol. The quantitative estimate of drug-likeness (QED) is 0.563. The lowest BCUT2D eigenvalue weighted by atomic mass is 9.86. The predicted molar refractivity (Wildman–Crippen MR) is 124 cm³/mol. The van der Waals surface area contributed by atoms with Crippen LogP contribution in [-0.4, -0.2) is 37.3 Å². The molecule has 0 fully saturated rings. The van der Waals surface area contributed by atoms with E-state index in [0.717, 1.165) is 23.2 Å². The van der Waals surface area contributed by atoms with E-state index in [0.29, 0.717) is 29.4 Å². The van der Waals surface area contributed by atoms with Crippen molar-refractivity contribution >= 4 is 17.3 Å². The largest absolute Gasteiger partial charge is 0.493 e. The second kappa shape index (κ2) is 7.71. The molecule has 0 saturated carbocycles. The first-order valence-corrected chi connectivity index (χ1v) is 10.6. The Morgan fingerprint density at radius 2 is 1.56 bits per heavy atom. The number of carbonyl (C=O) groups is 1. The molecule has 0 N–H and O–H groups in total. The summed E-state index contributed by atoms with van der Waals surface area (Å²) in [6.45, 7) is 2.78. The first-order valence-electron chi connectivity index (χ1n) is 10.6. The van der Waals surface area contributed by atoms with Crippen LogP contribution in [0, 0.1) is 0 Å². The van der Waals surface area contributed by atoms with Crippen LogP contribution < -0.4 is 14.5 Å². The van der Waals surface area contributed by atoms with Crippen molar-refractivity contribution < 1.29 is 14.3 Å². The number of hydrazone groups is 1. The van der Waals surface area contributed by atoms with Gasteiger partial charge in [0, 0.05) is 17.7 Å². The van der Waals surface area contributed by atoms with Crippen LogP contribution in [0.1, 0.15) is 28.4 Å². The van der Waals surface area contributed by atoms with Gasteiger partial charge in [-0.1, -0.05) is 48.5 Å². The molecule has 0 saturated heterocycles. The van der Waals surface area contributed by atoms with Gasteiger partial charge in [0.15, 0.2) is 23.0 Å². The van der Waals surface area contributed by atoms with E-state index >= 15 is 0 Å². The Hall–Kier alpha value is -3.80. The van der Waals surface area contributed by atoms with Crippen molar-refractivity contribution in [1.29, 1.82) is 0 Å². The summed E-state index contributed by atoms with van der Waals surface area (Å²) in [5, 5.41) is 6.85. The normalized spacial score (nSPS) is 19.2. The molecule has 32 heavy (non-hydrogen) atoms. The monoisotopic (exact) mass is 427 g/mol. The van der Waals surface area contributed by atoms with E-state index in [1.807, 2.05) is 77.8 Å². The third kappa shape index (κ3) is 2.94. The molecule has 0 aliphatic carbocycles. The van der Waals surface area contributed by atoms with Gasteiger partial charge >= 0.3 is 0 Å². The van der Waals surface area contributed by atoms with Crippen molar-refractivity contribution in [2.45, 2.75) is 19.0 Å². The zero-order chi connectivity index (χ0) is 22.3. The number of para-hydroxylation sites is 1. The van der Waals surface area contributed by atoms with Crippen LogP contribution >= 0.6 is 0 Å². The molecule has 0 aromatic heterocycles. The van der Waals surface area contributed by atoms with E-state index in [-0.39, 0.29) is 5.78 Å². The van der Waals surface area contributed by atoms with Crippen LogP contribution in [0.25, 0.3) is 0 Å². The number of Topliss-reactive ketones (excluding diaryl/α,β-unsaturated/α-hetero) is 1. The first-order chi connectivity index (χ1) is 15.6. The van der Waals surface area contributed by atoms with Gasteiger partial charge in [-0.3, -0.25) is 4.79 Å². The van der Waals surface area contributed by atoms with Gasteiger partial charge in [-0.25, -0.2) is 5.01 Å². The van der Waals surface area contributed by atoms with Gasteiger partial charge in [0.25, 0.3) is 0 Å². The van der Waals surface area contributed by atoms with Gasteiger partial charge in [0.1, 0.15) is 0 Å². The van der Waals surface area contributed by atoms with Crippen LogP contribution in [0.5, 0.6) is 11.5 Å². The zero-order valence-electron chi connectivity index (χ0n) is 18.4. The number of carbonyl (C=O) groups excluding carboxylic acids is 1. The Balaban J connectivity index is 1.69. The maximum atomic E-state index is 13.5.